The van der Waals surface area contributed by atoms with Gasteiger partial charge >= 0.3 is 0 Å². The number of ketones is 1. The van der Waals surface area contributed by atoms with Crippen LogP contribution in [0.15, 0.2) is 6.20 Å². The minimum Gasteiger partial charge on any atom is -0.330 e. The Bertz CT molecular complexity index is 388. The van der Waals surface area contributed by atoms with Crippen molar-refractivity contribution in [1.29, 1.82) is 0 Å². The van der Waals surface area contributed by atoms with Crippen LogP contribution in [0.1, 0.15) is 31.4 Å². The van der Waals surface area contributed by atoms with Crippen molar-refractivity contribution in [2.24, 2.45) is 24.6 Å². The molecule has 0 saturated heterocycles. The highest BCUT2D eigenvalue weighted by molar-refractivity contribution is 5.83. The van der Waals surface area contributed by atoms with Crippen molar-refractivity contribution in [3.63, 3.8) is 0 Å². The second-order valence-corrected chi connectivity index (χ2v) is 4.91. The van der Waals surface area contributed by atoms with E-state index in [0.717, 1.165) is 25.0 Å². The molecule has 0 amide bonds. The third-order valence-electron chi connectivity index (χ3n) is 3.63. The molecule has 1 saturated carbocycles. The van der Waals surface area contributed by atoms with E-state index in [1.54, 1.807) is 10.9 Å². The highest BCUT2D eigenvalue weighted by Gasteiger charge is 2.29. The van der Waals surface area contributed by atoms with Crippen molar-refractivity contribution in [2.75, 3.05) is 6.54 Å². The number of carbonyl (C=O) groups is 1. The van der Waals surface area contributed by atoms with Crippen LogP contribution in [-0.2, 0) is 18.3 Å². The number of hydrogen-bond acceptors (Lipinski definition) is 4. The molecular weight excluding hydrogens is 216 g/mol. The molecule has 2 atom stereocenters. The van der Waals surface area contributed by atoms with Crippen molar-refractivity contribution in [3.8, 4) is 0 Å². The number of nitrogens with zero attached hydrogens (tertiary/aromatic N) is 3. The van der Waals surface area contributed by atoms with E-state index in [4.69, 9.17) is 5.73 Å². The molecule has 0 aromatic carbocycles. The van der Waals surface area contributed by atoms with Gasteiger partial charge in [-0.1, -0.05) is 18.1 Å². The van der Waals surface area contributed by atoms with Gasteiger partial charge in [0.15, 0.2) is 0 Å². The minimum absolute atomic E-state index is 0.135. The molecule has 1 heterocycles. The van der Waals surface area contributed by atoms with Crippen molar-refractivity contribution in [1.82, 2.24) is 15.0 Å². The van der Waals surface area contributed by atoms with Crippen LogP contribution in [0.5, 0.6) is 0 Å². The lowest BCUT2D eigenvalue weighted by atomic mass is 9.76. The number of aryl methyl sites for hydroxylation is 1. The van der Waals surface area contributed by atoms with Gasteiger partial charge < -0.3 is 5.73 Å². The first-order chi connectivity index (χ1) is 8.20. The van der Waals surface area contributed by atoms with Crippen LogP contribution in [0, 0.1) is 11.8 Å². The van der Waals surface area contributed by atoms with E-state index in [1.807, 2.05) is 7.05 Å². The maximum Gasteiger partial charge on any atom is 0.142 e. The molecule has 0 radical (unpaired) electrons. The lowest BCUT2D eigenvalue weighted by Crippen LogP contribution is -2.33. The standard InChI is InChI=1S/C12H20N4O/c1-16-8-10(14-15-16)6-12(17)11-5-3-2-4-9(11)7-13/h8-9,11H,2-7,13H2,1H3. The summed E-state index contributed by atoms with van der Waals surface area (Å²) in [6, 6.07) is 0. The van der Waals surface area contributed by atoms with Crippen LogP contribution in [0.25, 0.3) is 0 Å². The fourth-order valence-electron chi connectivity index (χ4n) is 2.70. The molecule has 2 unspecified atom stereocenters. The summed E-state index contributed by atoms with van der Waals surface area (Å²) in [5.41, 5.74) is 6.51. The molecule has 5 heteroatoms. The summed E-state index contributed by atoms with van der Waals surface area (Å²) in [6.45, 7) is 0.622. The largest absolute Gasteiger partial charge is 0.330 e. The second-order valence-electron chi connectivity index (χ2n) is 4.91. The van der Waals surface area contributed by atoms with Crippen molar-refractivity contribution in [3.05, 3.63) is 11.9 Å². The molecule has 1 aromatic heterocycles. The Labute approximate surface area is 101 Å². The molecule has 17 heavy (non-hydrogen) atoms. The molecule has 0 bridgehead atoms. The molecular formula is C12H20N4O. The van der Waals surface area contributed by atoms with Crippen molar-refractivity contribution >= 4 is 5.78 Å². The average Bonchev–Trinajstić information content (AvgIpc) is 2.74. The Morgan fingerprint density at radius 2 is 2.29 bits per heavy atom. The van der Waals surface area contributed by atoms with Gasteiger partial charge in [0.1, 0.15) is 5.78 Å². The first kappa shape index (κ1) is 12.2. The molecule has 2 N–H and O–H groups in total. The molecule has 1 aromatic rings. The number of aromatic nitrogens is 3. The van der Waals surface area contributed by atoms with Crippen LogP contribution in [-0.4, -0.2) is 27.3 Å². The zero-order valence-corrected chi connectivity index (χ0v) is 10.3. The molecule has 1 fully saturated rings. The van der Waals surface area contributed by atoms with Crippen LogP contribution in [0.4, 0.5) is 0 Å². The second kappa shape index (κ2) is 5.40. The third kappa shape index (κ3) is 2.91. The fourth-order valence-corrected chi connectivity index (χ4v) is 2.70. The predicted molar refractivity (Wildman–Crippen MR) is 64.2 cm³/mol. The smallest absolute Gasteiger partial charge is 0.142 e. The van der Waals surface area contributed by atoms with E-state index >= 15 is 0 Å². The number of Topliss-reactive ketones (excluding diaryl/α,β-unsaturated/α-hetero) is 1. The SMILES string of the molecule is Cn1cc(CC(=O)C2CCCCC2CN)nn1. The Morgan fingerprint density at radius 1 is 1.53 bits per heavy atom. The van der Waals surface area contributed by atoms with Crippen LogP contribution in [0.2, 0.25) is 0 Å². The zero-order chi connectivity index (χ0) is 12.3. The highest BCUT2D eigenvalue weighted by atomic mass is 16.1. The number of hydrogen-bond donors (Lipinski definition) is 1. The summed E-state index contributed by atoms with van der Waals surface area (Å²) in [4.78, 5) is 12.2. The summed E-state index contributed by atoms with van der Waals surface area (Å²) >= 11 is 0. The Balaban J connectivity index is 1.98. The van der Waals surface area contributed by atoms with Gasteiger partial charge in [-0.25, -0.2) is 0 Å². The molecule has 0 spiro atoms. The minimum atomic E-state index is 0.135. The number of nitrogens with two attached hydrogens (primary N) is 1. The molecule has 5 nitrogen and oxygen atoms in total. The Kier molecular flexibility index (Phi) is 3.89. The lowest BCUT2D eigenvalue weighted by molar-refractivity contribution is -0.124. The van der Waals surface area contributed by atoms with Gasteiger partial charge in [0.2, 0.25) is 0 Å². The van der Waals surface area contributed by atoms with E-state index in [2.05, 4.69) is 10.3 Å². The van der Waals surface area contributed by atoms with Gasteiger partial charge in [-0.2, -0.15) is 0 Å². The highest BCUT2D eigenvalue weighted by Crippen LogP contribution is 2.30. The first-order valence-electron chi connectivity index (χ1n) is 6.28. The van der Waals surface area contributed by atoms with Crippen LogP contribution in [0.3, 0.4) is 0 Å². The maximum atomic E-state index is 12.2. The summed E-state index contributed by atoms with van der Waals surface area (Å²) in [7, 11) is 1.81. The Hall–Kier alpha value is -1.23. The van der Waals surface area contributed by atoms with Crippen LogP contribution >= 0.6 is 0 Å². The van der Waals surface area contributed by atoms with Crippen molar-refractivity contribution < 1.29 is 4.79 Å². The summed E-state index contributed by atoms with van der Waals surface area (Å²) in [6.07, 6.45) is 6.63. The first-order valence-corrected chi connectivity index (χ1v) is 6.28. The maximum absolute atomic E-state index is 12.2. The zero-order valence-electron chi connectivity index (χ0n) is 10.3. The number of rotatable bonds is 4. The molecule has 2 rings (SSSR count). The normalized spacial score (nSPS) is 24.8. The van der Waals surface area contributed by atoms with Gasteiger partial charge in [0.05, 0.1) is 12.1 Å². The quantitative estimate of drug-likeness (QED) is 0.834. The van der Waals surface area contributed by atoms with E-state index in [-0.39, 0.29) is 11.7 Å². The van der Waals surface area contributed by atoms with Gasteiger partial charge in [0.25, 0.3) is 0 Å². The average molecular weight is 236 g/mol. The van der Waals surface area contributed by atoms with Gasteiger partial charge in [-0.15, -0.1) is 5.10 Å². The topological polar surface area (TPSA) is 73.8 Å². The van der Waals surface area contributed by atoms with E-state index in [0.29, 0.717) is 18.9 Å². The number of carbonyl (C=O) groups excluding carboxylic acids is 1. The molecule has 0 aliphatic heterocycles. The summed E-state index contributed by atoms with van der Waals surface area (Å²) in [5.74, 6) is 0.782. The van der Waals surface area contributed by atoms with Gasteiger partial charge in [-0.3, -0.25) is 9.48 Å². The Morgan fingerprint density at radius 3 is 2.94 bits per heavy atom. The van der Waals surface area contributed by atoms with E-state index in [1.165, 1.54) is 6.42 Å². The third-order valence-corrected chi connectivity index (χ3v) is 3.63. The molecule has 1 aliphatic carbocycles. The van der Waals surface area contributed by atoms with Crippen molar-refractivity contribution in [2.45, 2.75) is 32.1 Å². The molecule has 1 aliphatic rings. The van der Waals surface area contributed by atoms with Gasteiger partial charge in [0, 0.05) is 19.2 Å². The summed E-state index contributed by atoms with van der Waals surface area (Å²) in [5, 5.41) is 7.81. The van der Waals surface area contributed by atoms with Gasteiger partial charge in [-0.05, 0) is 25.3 Å². The van der Waals surface area contributed by atoms with E-state index in [9.17, 15) is 4.79 Å². The summed E-state index contributed by atoms with van der Waals surface area (Å²) < 4.78 is 1.63. The monoisotopic (exact) mass is 236 g/mol. The fraction of sp³-hybridized carbons (Fsp3) is 0.750. The van der Waals surface area contributed by atoms with Crippen LogP contribution < -0.4 is 5.73 Å². The molecule has 94 valence electrons. The van der Waals surface area contributed by atoms with E-state index < -0.39 is 0 Å². The lowest BCUT2D eigenvalue weighted by Gasteiger charge is -2.29. The predicted octanol–water partition coefficient (Wildman–Crippen LogP) is 0.692.